The van der Waals surface area contributed by atoms with Gasteiger partial charge >= 0.3 is 0 Å². The Hall–Kier alpha value is -0.120. The molecule has 0 amide bonds. The summed E-state index contributed by atoms with van der Waals surface area (Å²) in [6.07, 6.45) is 4.66. The van der Waals surface area contributed by atoms with Gasteiger partial charge in [0, 0.05) is 35.3 Å². The molecule has 0 aromatic carbocycles. The first-order chi connectivity index (χ1) is 7.93. The van der Waals surface area contributed by atoms with Gasteiger partial charge in [0.25, 0.3) is 0 Å². The van der Waals surface area contributed by atoms with Gasteiger partial charge < -0.3 is 5.32 Å². The number of nitrogens with one attached hydrogen (secondary N) is 1. The quantitative estimate of drug-likeness (QED) is 0.830. The molecule has 1 aromatic heterocycles. The molecule has 1 aromatic rings. The molecule has 0 aliphatic carbocycles. The standard InChI is InChI=1S/C13H20BrClN2/c1-13(2,3)12(4-5-15)17-8-10-6-11(14)9-16-7-10/h6-7,9,12,17H,4-5,8H2,1-3H3. The van der Waals surface area contributed by atoms with Crippen LogP contribution in [-0.4, -0.2) is 16.9 Å². The first-order valence-electron chi connectivity index (χ1n) is 5.82. The van der Waals surface area contributed by atoms with Crippen molar-refractivity contribution >= 4 is 27.5 Å². The van der Waals surface area contributed by atoms with E-state index in [1.165, 1.54) is 5.56 Å². The molecule has 1 unspecified atom stereocenters. The van der Waals surface area contributed by atoms with Gasteiger partial charge in [-0.05, 0) is 39.4 Å². The van der Waals surface area contributed by atoms with Gasteiger partial charge in [-0.2, -0.15) is 0 Å². The summed E-state index contributed by atoms with van der Waals surface area (Å²) in [5.41, 5.74) is 1.40. The van der Waals surface area contributed by atoms with Crippen LogP contribution in [0.2, 0.25) is 0 Å². The summed E-state index contributed by atoms with van der Waals surface area (Å²) in [4.78, 5) is 4.16. The Bertz CT molecular complexity index is 350. The average molecular weight is 320 g/mol. The molecule has 0 aliphatic rings. The molecular formula is C13H20BrClN2. The van der Waals surface area contributed by atoms with Gasteiger partial charge in [0.1, 0.15) is 0 Å². The predicted octanol–water partition coefficient (Wildman–Crippen LogP) is 3.98. The van der Waals surface area contributed by atoms with Crippen LogP contribution in [0.1, 0.15) is 32.8 Å². The highest BCUT2D eigenvalue weighted by molar-refractivity contribution is 9.10. The van der Waals surface area contributed by atoms with Gasteiger partial charge in [0.05, 0.1) is 0 Å². The molecule has 0 aliphatic heterocycles. The van der Waals surface area contributed by atoms with Crippen molar-refractivity contribution in [2.45, 2.75) is 39.8 Å². The van der Waals surface area contributed by atoms with Crippen molar-refractivity contribution in [3.63, 3.8) is 0 Å². The number of alkyl halides is 1. The molecule has 4 heteroatoms. The maximum Gasteiger partial charge on any atom is 0.0410 e. The van der Waals surface area contributed by atoms with E-state index in [1.54, 1.807) is 6.20 Å². The van der Waals surface area contributed by atoms with Gasteiger partial charge in [0.15, 0.2) is 0 Å². The molecule has 17 heavy (non-hydrogen) atoms. The van der Waals surface area contributed by atoms with Crippen molar-refractivity contribution in [2.24, 2.45) is 5.41 Å². The third kappa shape index (κ3) is 5.36. The summed E-state index contributed by atoms with van der Waals surface area (Å²) in [7, 11) is 0. The zero-order chi connectivity index (χ0) is 12.9. The topological polar surface area (TPSA) is 24.9 Å². The Balaban J connectivity index is 2.58. The molecule has 0 spiro atoms. The Morgan fingerprint density at radius 1 is 1.41 bits per heavy atom. The monoisotopic (exact) mass is 318 g/mol. The van der Waals surface area contributed by atoms with Crippen LogP contribution in [0.25, 0.3) is 0 Å². The summed E-state index contributed by atoms with van der Waals surface area (Å²) in [6, 6.07) is 2.50. The highest BCUT2D eigenvalue weighted by Crippen LogP contribution is 2.22. The number of halogens is 2. The number of hydrogen-bond acceptors (Lipinski definition) is 2. The fourth-order valence-corrected chi connectivity index (χ4v) is 2.37. The fraction of sp³-hybridized carbons (Fsp3) is 0.615. The van der Waals surface area contributed by atoms with E-state index >= 15 is 0 Å². The summed E-state index contributed by atoms with van der Waals surface area (Å²) in [6.45, 7) is 7.52. The van der Waals surface area contributed by atoms with E-state index in [9.17, 15) is 0 Å². The van der Waals surface area contributed by atoms with E-state index in [2.05, 4.69) is 53.1 Å². The number of hydrogen-bond donors (Lipinski definition) is 1. The maximum absolute atomic E-state index is 5.85. The smallest absolute Gasteiger partial charge is 0.0410 e. The van der Waals surface area contributed by atoms with E-state index in [1.807, 2.05) is 6.20 Å². The number of aromatic nitrogens is 1. The maximum atomic E-state index is 5.85. The highest BCUT2D eigenvalue weighted by atomic mass is 79.9. The summed E-state index contributed by atoms with van der Waals surface area (Å²) >= 11 is 9.28. The third-order valence-corrected chi connectivity index (χ3v) is 3.41. The molecule has 0 fully saturated rings. The molecule has 2 nitrogen and oxygen atoms in total. The van der Waals surface area contributed by atoms with E-state index in [-0.39, 0.29) is 5.41 Å². The zero-order valence-electron chi connectivity index (χ0n) is 10.6. The molecule has 0 radical (unpaired) electrons. The van der Waals surface area contributed by atoms with E-state index in [0.29, 0.717) is 11.9 Å². The van der Waals surface area contributed by atoms with Crippen LogP contribution in [-0.2, 0) is 6.54 Å². The largest absolute Gasteiger partial charge is 0.309 e. The van der Waals surface area contributed by atoms with Crippen LogP contribution in [0, 0.1) is 5.41 Å². The normalized spacial score (nSPS) is 13.7. The Morgan fingerprint density at radius 2 is 2.12 bits per heavy atom. The lowest BCUT2D eigenvalue weighted by Gasteiger charge is -2.31. The van der Waals surface area contributed by atoms with Crippen molar-refractivity contribution in [1.82, 2.24) is 10.3 Å². The fourth-order valence-electron chi connectivity index (χ4n) is 1.74. The van der Waals surface area contributed by atoms with E-state index in [0.717, 1.165) is 17.4 Å². The second-order valence-electron chi connectivity index (χ2n) is 5.29. The van der Waals surface area contributed by atoms with Gasteiger partial charge in [-0.15, -0.1) is 11.6 Å². The van der Waals surface area contributed by atoms with Gasteiger partial charge in [0.2, 0.25) is 0 Å². The first kappa shape index (κ1) is 14.9. The lowest BCUT2D eigenvalue weighted by Crippen LogP contribution is -2.40. The second-order valence-corrected chi connectivity index (χ2v) is 6.58. The predicted molar refractivity (Wildman–Crippen MR) is 77.4 cm³/mol. The van der Waals surface area contributed by atoms with Crippen molar-refractivity contribution in [3.05, 3.63) is 28.5 Å². The number of rotatable bonds is 5. The molecule has 96 valence electrons. The molecule has 0 saturated carbocycles. The summed E-state index contributed by atoms with van der Waals surface area (Å²) < 4.78 is 1.02. The SMILES string of the molecule is CC(C)(C)C(CCCl)NCc1cncc(Br)c1. The van der Waals surface area contributed by atoms with Crippen molar-refractivity contribution in [3.8, 4) is 0 Å². The molecule has 1 N–H and O–H groups in total. The first-order valence-corrected chi connectivity index (χ1v) is 7.15. The van der Waals surface area contributed by atoms with Gasteiger partial charge in [-0.3, -0.25) is 4.98 Å². The molecule has 1 heterocycles. The molecule has 1 rings (SSSR count). The summed E-state index contributed by atoms with van der Waals surface area (Å²) in [5.74, 6) is 0.686. The van der Waals surface area contributed by atoms with Crippen LogP contribution < -0.4 is 5.32 Å². The Labute approximate surface area is 117 Å². The van der Waals surface area contributed by atoms with Gasteiger partial charge in [-0.25, -0.2) is 0 Å². The van der Waals surface area contributed by atoms with E-state index in [4.69, 9.17) is 11.6 Å². The highest BCUT2D eigenvalue weighted by Gasteiger charge is 2.23. The lowest BCUT2D eigenvalue weighted by atomic mass is 9.85. The second kappa shape index (κ2) is 6.72. The van der Waals surface area contributed by atoms with Gasteiger partial charge in [-0.1, -0.05) is 20.8 Å². The average Bonchev–Trinajstić information content (AvgIpc) is 2.22. The van der Waals surface area contributed by atoms with Crippen LogP contribution in [0.3, 0.4) is 0 Å². The van der Waals surface area contributed by atoms with Crippen LogP contribution in [0.4, 0.5) is 0 Å². The summed E-state index contributed by atoms with van der Waals surface area (Å²) in [5, 5.41) is 3.56. The number of nitrogens with zero attached hydrogens (tertiary/aromatic N) is 1. The van der Waals surface area contributed by atoms with Crippen LogP contribution in [0.5, 0.6) is 0 Å². The minimum absolute atomic E-state index is 0.217. The molecule has 0 saturated heterocycles. The number of pyridine rings is 1. The lowest BCUT2D eigenvalue weighted by molar-refractivity contribution is 0.260. The van der Waals surface area contributed by atoms with Crippen LogP contribution in [0.15, 0.2) is 22.9 Å². The minimum Gasteiger partial charge on any atom is -0.309 e. The Kier molecular flexibility index (Phi) is 5.90. The van der Waals surface area contributed by atoms with Crippen molar-refractivity contribution < 1.29 is 0 Å². The molecule has 1 atom stereocenters. The molecular weight excluding hydrogens is 300 g/mol. The Morgan fingerprint density at radius 3 is 2.65 bits per heavy atom. The van der Waals surface area contributed by atoms with Crippen molar-refractivity contribution in [2.75, 3.05) is 5.88 Å². The van der Waals surface area contributed by atoms with E-state index < -0.39 is 0 Å². The van der Waals surface area contributed by atoms with Crippen LogP contribution >= 0.6 is 27.5 Å². The third-order valence-electron chi connectivity index (χ3n) is 2.76. The minimum atomic E-state index is 0.217. The molecule has 0 bridgehead atoms. The van der Waals surface area contributed by atoms with Crippen molar-refractivity contribution in [1.29, 1.82) is 0 Å². The zero-order valence-corrected chi connectivity index (χ0v) is 13.0.